The maximum absolute atomic E-state index is 13.3. The number of aryl methyl sites for hydroxylation is 2. The number of benzene rings is 3. The molecule has 1 aliphatic rings. The van der Waals surface area contributed by atoms with Crippen LogP contribution in [0.3, 0.4) is 0 Å². The van der Waals surface area contributed by atoms with E-state index >= 15 is 0 Å². The van der Waals surface area contributed by atoms with E-state index < -0.39 is 11.4 Å². The second kappa shape index (κ2) is 8.45. The van der Waals surface area contributed by atoms with E-state index in [1.165, 1.54) is 5.56 Å². The van der Waals surface area contributed by atoms with E-state index in [0.717, 1.165) is 40.9 Å². The number of nitrogens with two attached hydrogens (primary N) is 1. The van der Waals surface area contributed by atoms with Crippen LogP contribution in [0.5, 0.6) is 0 Å². The molecule has 3 aromatic carbocycles. The highest BCUT2D eigenvalue weighted by molar-refractivity contribution is 6.34. The number of rotatable bonds is 4. The molecule has 2 amide bonds. The first-order chi connectivity index (χ1) is 17.7. The highest BCUT2D eigenvalue weighted by Crippen LogP contribution is 2.30. The third-order valence-electron chi connectivity index (χ3n) is 7.11. The van der Waals surface area contributed by atoms with Crippen LogP contribution in [0.4, 0.5) is 0 Å². The number of carbonyl (C=O) groups is 2. The Balaban J connectivity index is 1.25. The summed E-state index contributed by atoms with van der Waals surface area (Å²) in [6, 6.07) is 16.7. The van der Waals surface area contributed by atoms with Crippen molar-refractivity contribution in [1.82, 2.24) is 24.4 Å². The van der Waals surface area contributed by atoms with Gasteiger partial charge in [-0.2, -0.15) is 0 Å². The van der Waals surface area contributed by atoms with Crippen molar-refractivity contribution in [3.05, 3.63) is 88.5 Å². The van der Waals surface area contributed by atoms with Gasteiger partial charge in [0.25, 0.3) is 5.91 Å². The summed E-state index contributed by atoms with van der Waals surface area (Å²) >= 11 is 6.61. The predicted molar refractivity (Wildman–Crippen MR) is 143 cm³/mol. The second-order valence-corrected chi connectivity index (χ2v) is 10.4. The summed E-state index contributed by atoms with van der Waals surface area (Å²) < 4.78 is 4.06. The van der Waals surface area contributed by atoms with Gasteiger partial charge in [0, 0.05) is 24.2 Å². The van der Waals surface area contributed by atoms with Gasteiger partial charge in [-0.1, -0.05) is 17.7 Å². The van der Waals surface area contributed by atoms with Gasteiger partial charge in [-0.05, 0) is 74.4 Å². The Kier molecular flexibility index (Phi) is 5.31. The van der Waals surface area contributed by atoms with Gasteiger partial charge in [0.05, 0.1) is 38.2 Å². The Morgan fingerprint density at radius 2 is 1.86 bits per heavy atom. The molecule has 5 aromatic rings. The topological polar surface area (TPSA) is 108 Å². The average Bonchev–Trinajstić information content (AvgIpc) is 3.43. The zero-order valence-electron chi connectivity index (χ0n) is 20.5. The SMILES string of the molecule is Cc1ccc2c(c1)nc1n2C[C@](C)(NC(=O)c2ccc(-n3cnc4cc(C(N)=O)ccc43)cc2Cl)CC1. The first kappa shape index (κ1) is 23.2. The van der Waals surface area contributed by atoms with E-state index in [-0.39, 0.29) is 5.91 Å². The maximum atomic E-state index is 13.3. The van der Waals surface area contributed by atoms with Crippen LogP contribution in [0.15, 0.2) is 60.9 Å². The van der Waals surface area contributed by atoms with Crippen molar-refractivity contribution in [2.75, 3.05) is 0 Å². The molecule has 0 fully saturated rings. The van der Waals surface area contributed by atoms with Crippen LogP contribution in [0.2, 0.25) is 5.02 Å². The molecule has 0 saturated carbocycles. The zero-order valence-corrected chi connectivity index (χ0v) is 21.2. The van der Waals surface area contributed by atoms with Gasteiger partial charge < -0.3 is 15.6 Å². The molecule has 8 nitrogen and oxygen atoms in total. The molecule has 2 aromatic heterocycles. The summed E-state index contributed by atoms with van der Waals surface area (Å²) in [5, 5.41) is 3.57. The number of imidazole rings is 2. The van der Waals surface area contributed by atoms with Gasteiger partial charge >= 0.3 is 0 Å². The molecule has 0 spiro atoms. The summed E-state index contributed by atoms with van der Waals surface area (Å²) in [7, 11) is 0. The lowest BCUT2D eigenvalue weighted by atomic mass is 9.91. The summed E-state index contributed by atoms with van der Waals surface area (Å²) in [5.74, 6) is 0.323. The van der Waals surface area contributed by atoms with Crippen molar-refractivity contribution in [3.8, 4) is 5.69 Å². The average molecular weight is 513 g/mol. The molecule has 0 aliphatic carbocycles. The van der Waals surface area contributed by atoms with Crippen LogP contribution in [0.1, 0.15) is 45.4 Å². The summed E-state index contributed by atoms with van der Waals surface area (Å²) in [4.78, 5) is 34.0. The van der Waals surface area contributed by atoms with Crippen molar-refractivity contribution >= 4 is 45.5 Å². The molecule has 0 saturated heterocycles. The summed E-state index contributed by atoms with van der Waals surface area (Å²) in [6.07, 6.45) is 3.21. The standard InChI is InChI=1S/C28H25ClN6O2/c1-16-3-7-24-22(11-16)32-25-9-10-28(2,14-34(24)25)33-27(37)19-6-5-18(13-20(19)29)35-15-31-21-12-17(26(30)36)4-8-23(21)35/h3-8,11-13,15H,9-10,14H2,1-2H3,(H2,30,36)(H,33,37)/t28-/m1/s1. The normalized spacial score (nSPS) is 17.2. The molecule has 0 bridgehead atoms. The van der Waals surface area contributed by atoms with Gasteiger partial charge in [-0.15, -0.1) is 0 Å². The Morgan fingerprint density at radius 3 is 2.65 bits per heavy atom. The third-order valence-corrected chi connectivity index (χ3v) is 7.43. The van der Waals surface area contributed by atoms with E-state index in [4.69, 9.17) is 22.3 Å². The smallest absolute Gasteiger partial charge is 0.253 e. The Hall–Kier alpha value is -4.17. The third kappa shape index (κ3) is 4.03. The highest BCUT2D eigenvalue weighted by atomic mass is 35.5. The number of halogens is 1. The molecule has 1 aliphatic heterocycles. The Bertz CT molecular complexity index is 1740. The first-order valence-electron chi connectivity index (χ1n) is 12.1. The van der Waals surface area contributed by atoms with Gasteiger partial charge in [-0.25, -0.2) is 9.97 Å². The molecule has 9 heteroatoms. The molecule has 0 unspecified atom stereocenters. The highest BCUT2D eigenvalue weighted by Gasteiger charge is 2.33. The van der Waals surface area contributed by atoms with E-state index in [1.54, 1.807) is 36.7 Å². The molecule has 3 heterocycles. The molecule has 1 atom stereocenters. The minimum absolute atomic E-state index is 0.218. The maximum Gasteiger partial charge on any atom is 0.253 e. The van der Waals surface area contributed by atoms with E-state index in [0.29, 0.717) is 28.2 Å². The fourth-order valence-corrected chi connectivity index (χ4v) is 5.39. The zero-order chi connectivity index (χ0) is 25.9. The Morgan fingerprint density at radius 1 is 1.05 bits per heavy atom. The van der Waals surface area contributed by atoms with E-state index in [2.05, 4.69) is 46.9 Å². The lowest BCUT2D eigenvalue weighted by Gasteiger charge is -2.35. The number of aromatic nitrogens is 4. The van der Waals surface area contributed by atoms with Gasteiger partial charge in [0.15, 0.2) is 0 Å². The fraction of sp³-hybridized carbons (Fsp3) is 0.214. The number of nitrogens with zero attached hydrogens (tertiary/aromatic N) is 4. The first-order valence-corrected chi connectivity index (χ1v) is 12.4. The molecule has 37 heavy (non-hydrogen) atoms. The number of hydrogen-bond donors (Lipinski definition) is 2. The quantitative estimate of drug-likeness (QED) is 0.367. The monoisotopic (exact) mass is 512 g/mol. The molecule has 6 rings (SSSR count). The number of amides is 2. The van der Waals surface area contributed by atoms with Crippen LogP contribution in [-0.4, -0.2) is 36.5 Å². The van der Waals surface area contributed by atoms with Crippen molar-refractivity contribution in [1.29, 1.82) is 0 Å². The lowest BCUT2D eigenvalue weighted by molar-refractivity contribution is 0.0883. The van der Waals surface area contributed by atoms with Gasteiger partial charge in [0.2, 0.25) is 5.91 Å². The number of hydrogen-bond acceptors (Lipinski definition) is 4. The van der Waals surface area contributed by atoms with Crippen LogP contribution >= 0.6 is 11.6 Å². The number of primary amides is 1. The fourth-order valence-electron chi connectivity index (χ4n) is 5.13. The van der Waals surface area contributed by atoms with Crippen molar-refractivity contribution in [2.45, 2.75) is 38.8 Å². The van der Waals surface area contributed by atoms with Crippen molar-refractivity contribution in [2.24, 2.45) is 5.73 Å². The molecular weight excluding hydrogens is 488 g/mol. The van der Waals surface area contributed by atoms with Crippen LogP contribution in [0.25, 0.3) is 27.8 Å². The van der Waals surface area contributed by atoms with Crippen LogP contribution in [0, 0.1) is 6.92 Å². The molecule has 0 radical (unpaired) electrons. The summed E-state index contributed by atoms with van der Waals surface area (Å²) in [5.41, 5.74) is 11.2. The Labute approximate surface area is 218 Å². The minimum Gasteiger partial charge on any atom is -0.366 e. The van der Waals surface area contributed by atoms with E-state index in [9.17, 15) is 9.59 Å². The van der Waals surface area contributed by atoms with Crippen LogP contribution in [-0.2, 0) is 13.0 Å². The van der Waals surface area contributed by atoms with Crippen molar-refractivity contribution in [3.63, 3.8) is 0 Å². The van der Waals surface area contributed by atoms with E-state index in [1.807, 2.05) is 10.6 Å². The number of nitrogens with one attached hydrogen (secondary N) is 1. The summed E-state index contributed by atoms with van der Waals surface area (Å²) in [6.45, 7) is 4.76. The predicted octanol–water partition coefficient (Wildman–Crippen LogP) is 4.57. The minimum atomic E-state index is -0.505. The number of fused-ring (bicyclic) bond motifs is 4. The molecule has 3 N–H and O–H groups in total. The van der Waals surface area contributed by atoms with Gasteiger partial charge in [-0.3, -0.25) is 14.2 Å². The van der Waals surface area contributed by atoms with Crippen LogP contribution < -0.4 is 11.1 Å². The molecule has 186 valence electrons. The van der Waals surface area contributed by atoms with Gasteiger partial charge in [0.1, 0.15) is 12.2 Å². The largest absolute Gasteiger partial charge is 0.366 e. The van der Waals surface area contributed by atoms with Crippen molar-refractivity contribution < 1.29 is 9.59 Å². The second-order valence-electron chi connectivity index (χ2n) is 9.97. The lowest BCUT2D eigenvalue weighted by Crippen LogP contribution is -2.51. The molecular formula is C28H25ClN6O2. The number of carbonyl (C=O) groups excluding carboxylic acids is 2.